The Labute approximate surface area is 143 Å². The van der Waals surface area contributed by atoms with Gasteiger partial charge in [-0.2, -0.15) is 0 Å². The molecule has 2 fully saturated rings. The van der Waals surface area contributed by atoms with E-state index in [1.165, 1.54) is 0 Å². The van der Waals surface area contributed by atoms with Gasteiger partial charge < -0.3 is 20.1 Å². The highest BCUT2D eigenvalue weighted by atomic mass is 35.5. The molecule has 1 aromatic rings. The highest BCUT2D eigenvalue weighted by Gasteiger charge is 2.17. The van der Waals surface area contributed by atoms with Crippen LogP contribution in [-0.4, -0.2) is 44.4 Å². The van der Waals surface area contributed by atoms with Gasteiger partial charge in [-0.25, -0.2) is 0 Å². The van der Waals surface area contributed by atoms with Crippen LogP contribution in [-0.2, 0) is 4.74 Å². The predicted octanol–water partition coefficient (Wildman–Crippen LogP) is 2.15. The van der Waals surface area contributed by atoms with E-state index in [1.54, 1.807) is 0 Å². The van der Waals surface area contributed by atoms with Crippen LogP contribution >= 0.6 is 12.4 Å². The second kappa shape index (κ2) is 9.11. The Morgan fingerprint density at radius 3 is 2.74 bits per heavy atom. The first-order valence-corrected chi connectivity index (χ1v) is 8.17. The fourth-order valence-electron chi connectivity index (χ4n) is 2.91. The number of hydrogen-bond acceptors (Lipinski definition) is 4. The lowest BCUT2D eigenvalue weighted by atomic mass is 10.1. The molecule has 2 atom stereocenters. The Bertz CT molecular complexity index is 483. The molecule has 6 heteroatoms. The third kappa shape index (κ3) is 5.37. The second-order valence-corrected chi connectivity index (χ2v) is 5.99. The molecule has 0 aliphatic carbocycles. The van der Waals surface area contributed by atoms with E-state index in [-0.39, 0.29) is 30.5 Å². The maximum absolute atomic E-state index is 12.2. The van der Waals surface area contributed by atoms with Crippen LogP contribution in [0, 0.1) is 0 Å². The van der Waals surface area contributed by atoms with Gasteiger partial charge in [0.05, 0.1) is 6.10 Å². The fourth-order valence-corrected chi connectivity index (χ4v) is 2.91. The van der Waals surface area contributed by atoms with Gasteiger partial charge in [0, 0.05) is 24.8 Å². The van der Waals surface area contributed by atoms with Crippen molar-refractivity contribution in [3.8, 4) is 5.75 Å². The SMILES string of the molecule is Cl.O=C(N[C@H]1CCCNC1)c1ccc(OCC2CCCO2)cc1. The number of halogens is 1. The minimum Gasteiger partial charge on any atom is -0.491 e. The van der Waals surface area contributed by atoms with Crippen molar-refractivity contribution in [1.29, 1.82) is 0 Å². The molecule has 1 unspecified atom stereocenters. The number of hydrogen-bond donors (Lipinski definition) is 2. The minimum atomic E-state index is -0.0145. The average molecular weight is 341 g/mol. The summed E-state index contributed by atoms with van der Waals surface area (Å²) in [5.41, 5.74) is 0.676. The molecule has 3 rings (SSSR count). The topological polar surface area (TPSA) is 59.6 Å². The van der Waals surface area contributed by atoms with Crippen LogP contribution in [0.2, 0.25) is 0 Å². The van der Waals surface area contributed by atoms with Crippen molar-refractivity contribution in [1.82, 2.24) is 10.6 Å². The summed E-state index contributed by atoms with van der Waals surface area (Å²) in [6.45, 7) is 3.32. The summed E-state index contributed by atoms with van der Waals surface area (Å²) in [6.07, 6.45) is 4.54. The zero-order chi connectivity index (χ0) is 15.2. The first kappa shape index (κ1) is 18.0. The van der Waals surface area contributed by atoms with Crippen molar-refractivity contribution in [3.63, 3.8) is 0 Å². The van der Waals surface area contributed by atoms with E-state index >= 15 is 0 Å². The lowest BCUT2D eigenvalue weighted by molar-refractivity contribution is 0.0679. The number of amides is 1. The molecular weight excluding hydrogens is 316 g/mol. The van der Waals surface area contributed by atoms with E-state index in [4.69, 9.17) is 9.47 Å². The van der Waals surface area contributed by atoms with E-state index in [0.29, 0.717) is 12.2 Å². The number of benzene rings is 1. The Kier molecular flexibility index (Phi) is 7.15. The van der Waals surface area contributed by atoms with Crippen molar-refractivity contribution in [2.45, 2.75) is 37.8 Å². The van der Waals surface area contributed by atoms with Crippen molar-refractivity contribution >= 4 is 18.3 Å². The first-order valence-electron chi connectivity index (χ1n) is 8.17. The Hall–Kier alpha value is -1.30. The number of carbonyl (C=O) groups is 1. The van der Waals surface area contributed by atoms with Gasteiger partial charge in [-0.3, -0.25) is 4.79 Å². The largest absolute Gasteiger partial charge is 0.491 e. The van der Waals surface area contributed by atoms with Crippen molar-refractivity contribution in [2.24, 2.45) is 0 Å². The number of nitrogens with one attached hydrogen (secondary N) is 2. The molecule has 0 spiro atoms. The van der Waals surface area contributed by atoms with E-state index in [9.17, 15) is 4.79 Å². The molecule has 1 aromatic carbocycles. The number of ether oxygens (including phenoxy) is 2. The molecule has 2 aliphatic heterocycles. The second-order valence-electron chi connectivity index (χ2n) is 5.99. The Balaban J connectivity index is 0.00000192. The molecule has 23 heavy (non-hydrogen) atoms. The van der Waals surface area contributed by atoms with Gasteiger partial charge in [0.2, 0.25) is 0 Å². The van der Waals surface area contributed by atoms with Crippen molar-refractivity contribution in [3.05, 3.63) is 29.8 Å². The van der Waals surface area contributed by atoms with Crippen molar-refractivity contribution < 1.29 is 14.3 Å². The predicted molar refractivity (Wildman–Crippen MR) is 91.5 cm³/mol. The van der Waals surface area contributed by atoms with E-state index in [0.717, 1.165) is 51.1 Å². The first-order chi connectivity index (χ1) is 10.8. The zero-order valence-corrected chi connectivity index (χ0v) is 14.1. The molecule has 0 bridgehead atoms. The standard InChI is InChI=1S/C17H24N2O3.ClH/c20-17(19-14-3-1-9-18-11-14)13-5-7-15(8-6-13)22-12-16-4-2-10-21-16;/h5-8,14,16,18H,1-4,9-12H2,(H,19,20);1H/t14-,16?;/m0./s1. The summed E-state index contributed by atoms with van der Waals surface area (Å²) in [4.78, 5) is 12.2. The van der Waals surface area contributed by atoms with Gasteiger partial charge in [-0.1, -0.05) is 0 Å². The molecular formula is C17H25ClN2O3. The molecule has 5 nitrogen and oxygen atoms in total. The van der Waals surface area contributed by atoms with Crippen LogP contribution in [0.15, 0.2) is 24.3 Å². The molecule has 0 radical (unpaired) electrons. The van der Waals surface area contributed by atoms with E-state index in [2.05, 4.69) is 10.6 Å². The van der Waals surface area contributed by atoms with Gasteiger partial charge in [0.15, 0.2) is 0 Å². The smallest absolute Gasteiger partial charge is 0.251 e. The van der Waals surface area contributed by atoms with Gasteiger partial charge in [-0.15, -0.1) is 12.4 Å². The molecule has 2 N–H and O–H groups in total. The molecule has 0 saturated carbocycles. The summed E-state index contributed by atoms with van der Waals surface area (Å²) in [5.74, 6) is 0.769. The summed E-state index contributed by atoms with van der Waals surface area (Å²) in [5, 5.41) is 6.37. The van der Waals surface area contributed by atoms with Gasteiger partial charge in [-0.05, 0) is 56.5 Å². The summed E-state index contributed by atoms with van der Waals surface area (Å²) >= 11 is 0. The van der Waals surface area contributed by atoms with Crippen LogP contribution in [0.25, 0.3) is 0 Å². The summed E-state index contributed by atoms with van der Waals surface area (Å²) in [7, 11) is 0. The number of piperidine rings is 1. The Morgan fingerprint density at radius 2 is 2.09 bits per heavy atom. The van der Waals surface area contributed by atoms with Gasteiger partial charge in [0.25, 0.3) is 5.91 Å². The monoisotopic (exact) mass is 340 g/mol. The van der Waals surface area contributed by atoms with E-state index < -0.39 is 0 Å². The minimum absolute atomic E-state index is 0. The lowest BCUT2D eigenvalue weighted by Gasteiger charge is -2.23. The van der Waals surface area contributed by atoms with Crippen molar-refractivity contribution in [2.75, 3.05) is 26.3 Å². The molecule has 2 heterocycles. The highest BCUT2D eigenvalue weighted by Crippen LogP contribution is 2.16. The summed E-state index contributed by atoms with van der Waals surface area (Å²) in [6, 6.07) is 7.57. The van der Waals surface area contributed by atoms with Crippen LogP contribution in [0.3, 0.4) is 0 Å². The molecule has 2 saturated heterocycles. The van der Waals surface area contributed by atoms with Gasteiger partial charge in [0.1, 0.15) is 12.4 Å². The molecule has 1 amide bonds. The lowest BCUT2D eigenvalue weighted by Crippen LogP contribution is -2.45. The third-order valence-electron chi connectivity index (χ3n) is 4.21. The van der Waals surface area contributed by atoms with Crippen LogP contribution in [0.1, 0.15) is 36.0 Å². The van der Waals surface area contributed by atoms with Crippen LogP contribution < -0.4 is 15.4 Å². The third-order valence-corrected chi connectivity index (χ3v) is 4.21. The van der Waals surface area contributed by atoms with E-state index in [1.807, 2.05) is 24.3 Å². The Morgan fingerprint density at radius 1 is 1.26 bits per heavy atom. The maximum atomic E-state index is 12.2. The highest BCUT2D eigenvalue weighted by molar-refractivity contribution is 5.94. The van der Waals surface area contributed by atoms with Gasteiger partial charge >= 0.3 is 0 Å². The average Bonchev–Trinajstić information content (AvgIpc) is 3.08. The molecule has 0 aromatic heterocycles. The van der Waals surface area contributed by atoms with Crippen LogP contribution in [0.5, 0.6) is 5.75 Å². The molecule has 128 valence electrons. The maximum Gasteiger partial charge on any atom is 0.251 e. The number of rotatable bonds is 5. The summed E-state index contributed by atoms with van der Waals surface area (Å²) < 4.78 is 11.2. The quantitative estimate of drug-likeness (QED) is 0.862. The normalized spacial score (nSPS) is 23.8. The number of carbonyl (C=O) groups excluding carboxylic acids is 1. The molecule has 2 aliphatic rings. The van der Waals surface area contributed by atoms with Crippen LogP contribution in [0.4, 0.5) is 0 Å². The zero-order valence-electron chi connectivity index (χ0n) is 13.3. The fraction of sp³-hybridized carbons (Fsp3) is 0.588.